The molecule has 2 atom stereocenters. The van der Waals surface area contributed by atoms with Crippen molar-refractivity contribution >= 4 is 5.97 Å². The Labute approximate surface area is 99.8 Å². The van der Waals surface area contributed by atoms with Crippen LogP contribution in [0.5, 0.6) is 0 Å². The van der Waals surface area contributed by atoms with E-state index in [1.165, 1.54) is 51.7 Å². The van der Waals surface area contributed by atoms with Crippen molar-refractivity contribution in [2.45, 2.75) is 52.9 Å². The zero-order valence-electron chi connectivity index (χ0n) is 11.1. The molecule has 0 bridgehead atoms. The van der Waals surface area contributed by atoms with Crippen LogP contribution in [-0.4, -0.2) is 25.6 Å². The van der Waals surface area contributed by atoms with Gasteiger partial charge in [0, 0.05) is 18.3 Å². The van der Waals surface area contributed by atoms with Gasteiger partial charge in [-0.2, -0.15) is 0 Å². The summed E-state index contributed by atoms with van der Waals surface area (Å²) in [6.07, 6.45) is 7.17. The van der Waals surface area contributed by atoms with E-state index < -0.39 is 5.97 Å². The molecule has 1 fully saturated rings. The molecule has 3 heteroatoms. The van der Waals surface area contributed by atoms with Crippen LogP contribution in [0.3, 0.4) is 0 Å². The molecule has 0 aliphatic carbocycles. The average Bonchev–Trinajstić information content (AvgIpc) is 2.58. The largest absolute Gasteiger partial charge is 0.550 e. The molecule has 16 heavy (non-hydrogen) atoms. The molecule has 0 aromatic carbocycles. The maximum absolute atomic E-state index is 8.89. The summed E-state index contributed by atoms with van der Waals surface area (Å²) in [5, 5.41) is 8.89. The summed E-state index contributed by atoms with van der Waals surface area (Å²) < 4.78 is 0. The number of carboxylic acids is 1. The number of hydrogen-bond donors (Lipinski definition) is 1. The third kappa shape index (κ3) is 9.97. The number of likely N-dealkylation sites (tertiary alicyclic amines) is 1. The Hall–Kier alpha value is -0.570. The molecule has 0 spiro atoms. The van der Waals surface area contributed by atoms with Crippen LogP contribution in [0.2, 0.25) is 0 Å². The van der Waals surface area contributed by atoms with Crippen molar-refractivity contribution in [3.63, 3.8) is 0 Å². The van der Waals surface area contributed by atoms with Crippen molar-refractivity contribution in [2.24, 2.45) is 5.92 Å². The molecule has 1 N–H and O–H groups in total. The predicted molar refractivity (Wildman–Crippen MR) is 64.2 cm³/mol. The van der Waals surface area contributed by atoms with Gasteiger partial charge in [-0.05, 0) is 19.8 Å². The van der Waals surface area contributed by atoms with Crippen molar-refractivity contribution in [3.8, 4) is 0 Å². The van der Waals surface area contributed by atoms with Gasteiger partial charge >= 0.3 is 0 Å². The summed E-state index contributed by atoms with van der Waals surface area (Å²) in [5.74, 6) is -0.0915. The molecule has 2 unspecified atom stereocenters. The van der Waals surface area contributed by atoms with Gasteiger partial charge < -0.3 is 14.8 Å². The number of unbranched alkanes of at least 4 members (excludes halogenated alkanes) is 3. The third-order valence-electron chi connectivity index (χ3n) is 3.01. The van der Waals surface area contributed by atoms with Crippen LogP contribution in [0.1, 0.15) is 52.9 Å². The zero-order chi connectivity index (χ0) is 12.4. The van der Waals surface area contributed by atoms with Gasteiger partial charge in [0.1, 0.15) is 0 Å². The maximum Gasteiger partial charge on any atom is 0.0799 e. The van der Waals surface area contributed by atoms with Gasteiger partial charge in [-0.1, -0.05) is 26.7 Å². The predicted octanol–water partition coefficient (Wildman–Crippen LogP) is 0.248. The number of carboxylic acid groups (broad SMARTS) is 1. The van der Waals surface area contributed by atoms with Crippen LogP contribution >= 0.6 is 0 Å². The van der Waals surface area contributed by atoms with Crippen LogP contribution in [0.25, 0.3) is 0 Å². The zero-order valence-corrected chi connectivity index (χ0v) is 11.1. The number of carbonyl (C=O) groups excluding carboxylic acids is 1. The van der Waals surface area contributed by atoms with Crippen LogP contribution in [-0.2, 0) is 4.79 Å². The SMILES string of the molecule is CC(=O)[O-].CCCCCC[NH+]1CCC(C)C1. The topological polar surface area (TPSA) is 44.6 Å². The Balaban J connectivity index is 0.000000487. The summed E-state index contributed by atoms with van der Waals surface area (Å²) in [6, 6.07) is 0. The lowest BCUT2D eigenvalue weighted by atomic mass is 10.2. The van der Waals surface area contributed by atoms with Crippen LogP contribution in [0.4, 0.5) is 0 Å². The van der Waals surface area contributed by atoms with E-state index in [0.717, 1.165) is 12.8 Å². The molecule has 1 saturated heterocycles. The molecule has 0 radical (unpaired) electrons. The van der Waals surface area contributed by atoms with Crippen molar-refractivity contribution in [1.29, 1.82) is 0 Å². The maximum atomic E-state index is 8.89. The lowest BCUT2D eigenvalue weighted by Crippen LogP contribution is -3.10. The van der Waals surface area contributed by atoms with Crippen molar-refractivity contribution < 1.29 is 14.8 Å². The fourth-order valence-electron chi connectivity index (χ4n) is 2.18. The van der Waals surface area contributed by atoms with Crippen LogP contribution < -0.4 is 10.0 Å². The van der Waals surface area contributed by atoms with Gasteiger partial charge in [0.2, 0.25) is 0 Å². The lowest BCUT2D eigenvalue weighted by Gasteiger charge is -2.11. The molecule has 96 valence electrons. The number of nitrogens with one attached hydrogen (secondary N) is 1. The average molecular weight is 229 g/mol. The van der Waals surface area contributed by atoms with Crippen molar-refractivity contribution in [3.05, 3.63) is 0 Å². The molecule has 1 aliphatic heterocycles. The van der Waals surface area contributed by atoms with Gasteiger partial charge in [-0.3, -0.25) is 0 Å². The molecule has 0 amide bonds. The highest BCUT2D eigenvalue weighted by molar-refractivity contribution is 5.60. The lowest BCUT2D eigenvalue weighted by molar-refractivity contribution is -0.889. The first kappa shape index (κ1) is 15.4. The van der Waals surface area contributed by atoms with Gasteiger partial charge in [-0.15, -0.1) is 0 Å². The Morgan fingerprint density at radius 1 is 1.38 bits per heavy atom. The minimum absolute atomic E-state index is 0.972. The van der Waals surface area contributed by atoms with E-state index in [0.29, 0.717) is 0 Å². The summed E-state index contributed by atoms with van der Waals surface area (Å²) in [5.41, 5.74) is 0. The fraction of sp³-hybridized carbons (Fsp3) is 0.923. The van der Waals surface area contributed by atoms with E-state index in [2.05, 4.69) is 13.8 Å². The second-order valence-corrected chi connectivity index (χ2v) is 4.90. The Morgan fingerprint density at radius 3 is 2.44 bits per heavy atom. The Bertz CT molecular complexity index is 179. The molecule has 0 saturated carbocycles. The van der Waals surface area contributed by atoms with Crippen LogP contribution in [0.15, 0.2) is 0 Å². The van der Waals surface area contributed by atoms with Crippen LogP contribution in [0, 0.1) is 5.92 Å². The van der Waals surface area contributed by atoms with Crippen molar-refractivity contribution in [1.82, 2.24) is 0 Å². The standard InChI is InChI=1S/C11H23N.C2H4O2/c1-3-4-5-6-8-12-9-7-11(2)10-12;1-2(3)4/h11H,3-10H2,1-2H3;1H3,(H,3,4). The normalized spacial score (nSPS) is 23.7. The van der Waals surface area contributed by atoms with E-state index in [-0.39, 0.29) is 0 Å². The summed E-state index contributed by atoms with van der Waals surface area (Å²) in [6.45, 7) is 9.95. The number of carbonyl (C=O) groups is 1. The molecule has 3 nitrogen and oxygen atoms in total. The van der Waals surface area contributed by atoms with E-state index in [9.17, 15) is 0 Å². The van der Waals surface area contributed by atoms with E-state index in [1.807, 2.05) is 4.90 Å². The van der Waals surface area contributed by atoms with E-state index in [1.54, 1.807) is 0 Å². The van der Waals surface area contributed by atoms with Gasteiger partial charge in [0.15, 0.2) is 0 Å². The molecule has 0 aromatic heterocycles. The summed E-state index contributed by atoms with van der Waals surface area (Å²) >= 11 is 0. The highest BCUT2D eigenvalue weighted by Gasteiger charge is 2.21. The smallest absolute Gasteiger partial charge is 0.0799 e. The first-order chi connectivity index (χ1) is 7.56. The highest BCUT2D eigenvalue weighted by atomic mass is 16.4. The number of quaternary nitrogens is 1. The van der Waals surface area contributed by atoms with Crippen molar-refractivity contribution in [2.75, 3.05) is 19.6 Å². The van der Waals surface area contributed by atoms with E-state index >= 15 is 0 Å². The van der Waals surface area contributed by atoms with Gasteiger partial charge in [-0.25, -0.2) is 0 Å². The Morgan fingerprint density at radius 2 is 2.00 bits per heavy atom. The molecule has 0 aromatic rings. The molecular weight excluding hydrogens is 202 g/mol. The fourth-order valence-corrected chi connectivity index (χ4v) is 2.18. The highest BCUT2D eigenvalue weighted by Crippen LogP contribution is 2.02. The first-order valence-corrected chi connectivity index (χ1v) is 6.57. The second-order valence-electron chi connectivity index (χ2n) is 4.90. The molecule has 1 rings (SSSR count). The molecule has 1 aliphatic rings. The van der Waals surface area contributed by atoms with Gasteiger partial charge in [0.25, 0.3) is 0 Å². The number of hydrogen-bond acceptors (Lipinski definition) is 2. The number of aliphatic carboxylic acids is 1. The molecular formula is C13H27NO2. The third-order valence-corrected chi connectivity index (χ3v) is 3.01. The number of rotatable bonds is 5. The van der Waals surface area contributed by atoms with Gasteiger partial charge in [0.05, 0.1) is 19.6 Å². The minimum atomic E-state index is -1.08. The minimum Gasteiger partial charge on any atom is -0.550 e. The first-order valence-electron chi connectivity index (χ1n) is 6.57. The quantitative estimate of drug-likeness (QED) is 0.687. The second kappa shape index (κ2) is 9.64. The van der Waals surface area contributed by atoms with E-state index in [4.69, 9.17) is 9.90 Å². The Kier molecular flexibility index (Phi) is 9.30. The molecule has 1 heterocycles. The summed E-state index contributed by atoms with van der Waals surface area (Å²) in [4.78, 5) is 10.7. The summed E-state index contributed by atoms with van der Waals surface area (Å²) in [7, 11) is 0. The monoisotopic (exact) mass is 229 g/mol.